The molecule has 1 aromatic heterocycles. The number of aromatic amines is 1. The van der Waals surface area contributed by atoms with Gasteiger partial charge in [0.2, 0.25) is 5.56 Å². The lowest BCUT2D eigenvalue weighted by Gasteiger charge is -2.18. The Bertz CT molecular complexity index is 773. The van der Waals surface area contributed by atoms with E-state index in [2.05, 4.69) is 4.98 Å². The predicted octanol–water partition coefficient (Wildman–Crippen LogP) is 1.16. The van der Waals surface area contributed by atoms with Gasteiger partial charge in [0.05, 0.1) is 18.2 Å². The summed E-state index contributed by atoms with van der Waals surface area (Å²) in [7, 11) is 1.43. The Labute approximate surface area is 107 Å². The van der Waals surface area contributed by atoms with Crippen LogP contribution in [0.15, 0.2) is 35.3 Å². The van der Waals surface area contributed by atoms with Gasteiger partial charge in [-0.15, -0.1) is 0 Å². The van der Waals surface area contributed by atoms with E-state index in [1.807, 2.05) is 0 Å². The first-order valence-corrected chi connectivity index (χ1v) is 5.62. The average Bonchev–Trinajstić information content (AvgIpc) is 2.43. The zero-order chi connectivity index (χ0) is 13.6. The maximum absolute atomic E-state index is 12.4. The van der Waals surface area contributed by atoms with E-state index >= 15 is 0 Å². The standard InChI is InChI=1S/C14H9NO4/c1-19-10-4-2-3-7-12(10)14(18)8-5-11(16)15-6-9(8)13(7)17/h2-6H,1H3,(H,15,16). The topological polar surface area (TPSA) is 76.2 Å². The molecule has 1 aliphatic carbocycles. The van der Waals surface area contributed by atoms with Crippen molar-refractivity contribution in [2.45, 2.75) is 0 Å². The largest absolute Gasteiger partial charge is 0.496 e. The van der Waals surface area contributed by atoms with Gasteiger partial charge in [-0.2, -0.15) is 0 Å². The minimum atomic E-state index is -0.418. The molecule has 0 radical (unpaired) electrons. The highest BCUT2D eigenvalue weighted by Gasteiger charge is 2.32. The van der Waals surface area contributed by atoms with Crippen LogP contribution < -0.4 is 10.3 Å². The zero-order valence-corrected chi connectivity index (χ0v) is 10.0. The van der Waals surface area contributed by atoms with Crippen LogP contribution in [0.3, 0.4) is 0 Å². The van der Waals surface area contributed by atoms with Crippen molar-refractivity contribution in [1.29, 1.82) is 0 Å². The van der Waals surface area contributed by atoms with Gasteiger partial charge in [0.15, 0.2) is 11.6 Å². The number of methoxy groups -OCH3 is 1. The number of ketones is 2. The van der Waals surface area contributed by atoms with Gasteiger partial charge in [-0.1, -0.05) is 12.1 Å². The van der Waals surface area contributed by atoms with Crippen LogP contribution in [0.1, 0.15) is 31.8 Å². The van der Waals surface area contributed by atoms with Crippen molar-refractivity contribution in [3.8, 4) is 5.75 Å². The number of carbonyl (C=O) groups is 2. The number of hydrogen-bond acceptors (Lipinski definition) is 4. The van der Waals surface area contributed by atoms with Gasteiger partial charge in [0.25, 0.3) is 0 Å². The van der Waals surface area contributed by atoms with Crippen molar-refractivity contribution in [2.75, 3.05) is 7.11 Å². The first-order chi connectivity index (χ1) is 9.13. The van der Waals surface area contributed by atoms with E-state index in [0.717, 1.165) is 6.07 Å². The fraction of sp³-hybridized carbons (Fsp3) is 0.0714. The van der Waals surface area contributed by atoms with Gasteiger partial charge in [-0.3, -0.25) is 14.4 Å². The molecule has 0 atom stereocenters. The minimum Gasteiger partial charge on any atom is -0.496 e. The van der Waals surface area contributed by atoms with Crippen molar-refractivity contribution in [2.24, 2.45) is 0 Å². The Morgan fingerprint density at radius 3 is 2.53 bits per heavy atom. The molecule has 0 bridgehead atoms. The van der Waals surface area contributed by atoms with E-state index in [9.17, 15) is 14.4 Å². The second-order valence-electron chi connectivity index (χ2n) is 4.17. The molecule has 0 aliphatic heterocycles. The van der Waals surface area contributed by atoms with Crippen LogP contribution in [0.5, 0.6) is 5.75 Å². The smallest absolute Gasteiger partial charge is 0.248 e. The number of fused-ring (bicyclic) bond motifs is 2. The van der Waals surface area contributed by atoms with Gasteiger partial charge in [-0.05, 0) is 6.07 Å². The molecule has 1 aliphatic rings. The van der Waals surface area contributed by atoms with Crippen molar-refractivity contribution >= 4 is 11.6 Å². The number of H-pyrrole nitrogens is 1. The molecule has 5 heteroatoms. The number of ether oxygens (including phenoxy) is 1. The van der Waals surface area contributed by atoms with E-state index in [4.69, 9.17) is 4.74 Å². The molecular formula is C14H9NO4. The SMILES string of the molecule is COc1cccc2c1C(=O)c1cc(=O)[nH]cc1C2=O. The monoisotopic (exact) mass is 255 g/mol. The Morgan fingerprint density at radius 1 is 1.00 bits per heavy atom. The number of nitrogens with one attached hydrogen (secondary N) is 1. The third-order valence-electron chi connectivity index (χ3n) is 3.13. The van der Waals surface area contributed by atoms with E-state index in [0.29, 0.717) is 11.3 Å². The first-order valence-electron chi connectivity index (χ1n) is 5.62. The van der Waals surface area contributed by atoms with E-state index < -0.39 is 5.56 Å². The summed E-state index contributed by atoms with van der Waals surface area (Å²) >= 11 is 0. The van der Waals surface area contributed by atoms with Crippen molar-refractivity contribution in [3.63, 3.8) is 0 Å². The molecule has 19 heavy (non-hydrogen) atoms. The molecule has 1 N–H and O–H groups in total. The normalized spacial score (nSPS) is 12.9. The molecule has 0 spiro atoms. The molecule has 94 valence electrons. The van der Waals surface area contributed by atoms with Crippen LogP contribution in [0.25, 0.3) is 0 Å². The Kier molecular flexibility index (Phi) is 2.35. The van der Waals surface area contributed by atoms with Crippen molar-refractivity contribution in [3.05, 3.63) is 63.1 Å². The van der Waals surface area contributed by atoms with Crippen LogP contribution in [0, 0.1) is 0 Å². The van der Waals surface area contributed by atoms with Gasteiger partial charge < -0.3 is 9.72 Å². The molecule has 0 saturated carbocycles. The Hall–Kier alpha value is -2.69. The molecule has 0 unspecified atom stereocenters. The summed E-state index contributed by atoms with van der Waals surface area (Å²) < 4.78 is 5.12. The number of rotatable bonds is 1. The molecule has 5 nitrogen and oxygen atoms in total. The summed E-state index contributed by atoms with van der Waals surface area (Å²) in [4.78, 5) is 38.4. The average molecular weight is 255 g/mol. The molecule has 1 heterocycles. The third-order valence-corrected chi connectivity index (χ3v) is 3.13. The maximum Gasteiger partial charge on any atom is 0.248 e. The molecule has 0 amide bonds. The second-order valence-corrected chi connectivity index (χ2v) is 4.17. The third kappa shape index (κ3) is 1.52. The van der Waals surface area contributed by atoms with Gasteiger partial charge in [0, 0.05) is 23.4 Å². The fourth-order valence-corrected chi connectivity index (χ4v) is 2.25. The van der Waals surface area contributed by atoms with Crippen molar-refractivity contribution < 1.29 is 14.3 Å². The summed E-state index contributed by atoms with van der Waals surface area (Å²) in [6.07, 6.45) is 1.28. The molecule has 1 aromatic carbocycles. The Balaban J connectivity index is 2.36. The van der Waals surface area contributed by atoms with E-state index in [-0.39, 0.29) is 28.3 Å². The van der Waals surface area contributed by atoms with E-state index in [1.165, 1.54) is 13.3 Å². The van der Waals surface area contributed by atoms with Crippen molar-refractivity contribution in [1.82, 2.24) is 4.98 Å². The van der Waals surface area contributed by atoms with Gasteiger partial charge in [-0.25, -0.2) is 0 Å². The number of carbonyl (C=O) groups excluding carboxylic acids is 2. The quantitative estimate of drug-likeness (QED) is 0.707. The molecular weight excluding hydrogens is 246 g/mol. The fourth-order valence-electron chi connectivity index (χ4n) is 2.25. The number of benzene rings is 1. The minimum absolute atomic E-state index is 0.116. The van der Waals surface area contributed by atoms with Gasteiger partial charge in [0.1, 0.15) is 5.75 Å². The lowest BCUT2D eigenvalue weighted by atomic mass is 9.84. The number of hydrogen-bond donors (Lipinski definition) is 1. The lowest BCUT2D eigenvalue weighted by molar-refractivity contribution is 0.0976. The maximum atomic E-state index is 12.4. The second kappa shape index (κ2) is 3.91. The Morgan fingerprint density at radius 2 is 1.79 bits per heavy atom. The molecule has 3 rings (SSSR count). The van der Waals surface area contributed by atoms with E-state index in [1.54, 1.807) is 18.2 Å². The highest BCUT2D eigenvalue weighted by molar-refractivity contribution is 6.29. The molecule has 0 fully saturated rings. The van der Waals surface area contributed by atoms with Crippen LogP contribution in [-0.4, -0.2) is 23.7 Å². The lowest BCUT2D eigenvalue weighted by Crippen LogP contribution is -2.24. The zero-order valence-electron chi connectivity index (χ0n) is 10.0. The van der Waals surface area contributed by atoms with Crippen LogP contribution in [0.4, 0.5) is 0 Å². The highest BCUT2D eigenvalue weighted by atomic mass is 16.5. The van der Waals surface area contributed by atoms with Crippen LogP contribution in [0.2, 0.25) is 0 Å². The summed E-state index contributed by atoms with van der Waals surface area (Å²) in [5.41, 5.74) is 0.423. The van der Waals surface area contributed by atoms with Gasteiger partial charge >= 0.3 is 0 Å². The number of pyridine rings is 1. The first kappa shape index (κ1) is 11.4. The number of aromatic nitrogens is 1. The summed E-state index contributed by atoms with van der Waals surface area (Å²) in [5, 5.41) is 0. The molecule has 2 aromatic rings. The summed E-state index contributed by atoms with van der Waals surface area (Å²) in [6.45, 7) is 0. The summed E-state index contributed by atoms with van der Waals surface area (Å²) in [6, 6.07) is 5.98. The molecule has 0 saturated heterocycles. The van der Waals surface area contributed by atoms with Crippen LogP contribution >= 0.6 is 0 Å². The summed E-state index contributed by atoms with van der Waals surface area (Å²) in [5.74, 6) is -0.324. The van der Waals surface area contributed by atoms with Crippen LogP contribution in [-0.2, 0) is 0 Å². The predicted molar refractivity (Wildman–Crippen MR) is 66.9 cm³/mol. The highest BCUT2D eigenvalue weighted by Crippen LogP contribution is 2.31.